The van der Waals surface area contributed by atoms with E-state index < -0.39 is 15.9 Å². The van der Waals surface area contributed by atoms with Gasteiger partial charge in [0.25, 0.3) is 0 Å². The highest BCUT2D eigenvalue weighted by Crippen LogP contribution is 2.11. The molecule has 2 unspecified atom stereocenters. The highest BCUT2D eigenvalue weighted by atomic mass is 32.2. The highest BCUT2D eigenvalue weighted by Gasteiger charge is 2.35. The summed E-state index contributed by atoms with van der Waals surface area (Å²) in [4.78, 5) is 0. The number of hydrogen-bond donors (Lipinski definition) is 2. The van der Waals surface area contributed by atoms with Crippen LogP contribution in [0.25, 0.3) is 0 Å². The molecule has 1 aliphatic rings. The second-order valence-electron chi connectivity index (χ2n) is 2.95. The number of sulfone groups is 1. The van der Waals surface area contributed by atoms with E-state index in [1.165, 1.54) is 0 Å². The van der Waals surface area contributed by atoms with Crippen molar-refractivity contribution in [2.75, 3.05) is 18.1 Å². The van der Waals surface area contributed by atoms with Crippen LogP contribution >= 0.6 is 0 Å². The summed E-state index contributed by atoms with van der Waals surface area (Å²) in [5.74, 6) is -0.0934. The second-order valence-corrected chi connectivity index (χ2v) is 5.10. The van der Waals surface area contributed by atoms with Crippen LogP contribution in [-0.2, 0) is 9.84 Å². The van der Waals surface area contributed by atoms with Gasteiger partial charge in [-0.25, -0.2) is 8.42 Å². The average Bonchev–Trinajstić information content (AvgIpc) is 2.20. The Bertz CT molecular complexity index is 260. The van der Waals surface area contributed by atoms with Crippen molar-refractivity contribution in [2.24, 2.45) is 0 Å². The fourth-order valence-electron chi connectivity index (χ4n) is 1.26. The summed E-state index contributed by atoms with van der Waals surface area (Å²) >= 11 is 0. The van der Waals surface area contributed by atoms with Gasteiger partial charge in [-0.05, 0) is 0 Å². The average molecular weight is 191 g/mol. The Morgan fingerprint density at radius 1 is 1.58 bits per heavy atom. The summed E-state index contributed by atoms with van der Waals surface area (Å²) in [7, 11) is -3.02. The van der Waals surface area contributed by atoms with E-state index in [-0.39, 0.29) is 17.5 Å². The zero-order valence-electron chi connectivity index (χ0n) is 6.73. The maximum Gasteiger partial charge on any atom is 0.154 e. The normalized spacial score (nSPS) is 33.4. The number of nitrogens with one attached hydrogen (secondary N) is 1. The van der Waals surface area contributed by atoms with Crippen molar-refractivity contribution in [3.05, 3.63) is 12.7 Å². The summed E-state index contributed by atoms with van der Waals surface area (Å²) in [5.41, 5.74) is 0. The number of aliphatic hydroxyl groups excluding tert-OH is 1. The maximum atomic E-state index is 11.0. The largest absolute Gasteiger partial charge is 0.390 e. The van der Waals surface area contributed by atoms with E-state index in [1.54, 1.807) is 6.08 Å². The topological polar surface area (TPSA) is 66.4 Å². The molecule has 1 aliphatic heterocycles. The summed E-state index contributed by atoms with van der Waals surface area (Å²) in [6.07, 6.45) is 0.868. The number of hydrogen-bond acceptors (Lipinski definition) is 4. The van der Waals surface area contributed by atoms with Crippen molar-refractivity contribution in [1.82, 2.24) is 5.32 Å². The molecular weight excluding hydrogens is 178 g/mol. The van der Waals surface area contributed by atoms with Gasteiger partial charge in [-0.3, -0.25) is 0 Å². The molecule has 1 rings (SSSR count). The van der Waals surface area contributed by atoms with Gasteiger partial charge in [0, 0.05) is 12.6 Å². The van der Waals surface area contributed by atoms with Crippen LogP contribution in [0.4, 0.5) is 0 Å². The van der Waals surface area contributed by atoms with Crippen molar-refractivity contribution in [3.8, 4) is 0 Å². The van der Waals surface area contributed by atoms with Gasteiger partial charge < -0.3 is 10.4 Å². The van der Waals surface area contributed by atoms with E-state index in [0.717, 1.165) is 0 Å². The van der Waals surface area contributed by atoms with Crippen molar-refractivity contribution >= 4 is 9.84 Å². The Balaban J connectivity index is 2.52. The lowest BCUT2D eigenvalue weighted by Crippen LogP contribution is -2.38. The first-order valence-corrected chi connectivity index (χ1v) is 5.60. The Labute approximate surface area is 72.2 Å². The third-order valence-electron chi connectivity index (χ3n) is 1.85. The molecular formula is C7H13NO3S. The van der Waals surface area contributed by atoms with Crippen molar-refractivity contribution < 1.29 is 13.5 Å². The minimum atomic E-state index is -3.02. The van der Waals surface area contributed by atoms with Crippen LogP contribution in [-0.4, -0.2) is 43.7 Å². The van der Waals surface area contributed by atoms with Gasteiger partial charge in [-0.15, -0.1) is 6.58 Å². The molecule has 0 aromatic carbocycles. The Hall–Kier alpha value is -0.390. The van der Waals surface area contributed by atoms with Crippen LogP contribution in [0.5, 0.6) is 0 Å². The Kier molecular flexibility index (Phi) is 2.87. The molecule has 5 heteroatoms. The van der Waals surface area contributed by atoms with Gasteiger partial charge in [0.05, 0.1) is 17.6 Å². The monoisotopic (exact) mass is 191 g/mol. The molecule has 70 valence electrons. The summed E-state index contributed by atoms with van der Waals surface area (Å²) in [5, 5.41) is 12.2. The third kappa shape index (κ3) is 2.30. The van der Waals surface area contributed by atoms with Gasteiger partial charge in [0.1, 0.15) is 0 Å². The first-order chi connectivity index (χ1) is 5.55. The molecule has 0 saturated carbocycles. The van der Waals surface area contributed by atoms with E-state index in [1.807, 2.05) is 0 Å². The molecule has 0 spiro atoms. The van der Waals surface area contributed by atoms with Crippen molar-refractivity contribution in [3.63, 3.8) is 0 Å². The fraction of sp³-hybridized carbons (Fsp3) is 0.714. The van der Waals surface area contributed by atoms with E-state index >= 15 is 0 Å². The minimum absolute atomic E-state index is 0.0298. The summed E-state index contributed by atoms with van der Waals surface area (Å²) < 4.78 is 22.0. The van der Waals surface area contributed by atoms with Crippen molar-refractivity contribution in [1.29, 1.82) is 0 Å². The first-order valence-electron chi connectivity index (χ1n) is 3.78. The highest BCUT2D eigenvalue weighted by molar-refractivity contribution is 7.91. The first kappa shape index (κ1) is 9.70. The lowest BCUT2D eigenvalue weighted by Gasteiger charge is -2.12. The fourth-order valence-corrected chi connectivity index (χ4v) is 3.03. The van der Waals surface area contributed by atoms with Crippen LogP contribution < -0.4 is 5.32 Å². The SMILES string of the molecule is C=CCNC1CS(=O)(=O)CC1O. The lowest BCUT2D eigenvalue weighted by molar-refractivity contribution is 0.168. The van der Waals surface area contributed by atoms with Crippen LogP contribution in [0.15, 0.2) is 12.7 Å². The maximum absolute atomic E-state index is 11.0. The Morgan fingerprint density at radius 3 is 2.67 bits per heavy atom. The van der Waals surface area contributed by atoms with Gasteiger partial charge in [-0.2, -0.15) is 0 Å². The zero-order chi connectivity index (χ0) is 9.19. The molecule has 4 nitrogen and oxygen atoms in total. The molecule has 0 aromatic heterocycles. The quantitative estimate of drug-likeness (QED) is 0.557. The molecule has 0 bridgehead atoms. The molecule has 1 heterocycles. The molecule has 0 aliphatic carbocycles. The van der Waals surface area contributed by atoms with Crippen LogP contribution in [0.1, 0.15) is 0 Å². The van der Waals surface area contributed by atoms with Gasteiger partial charge in [-0.1, -0.05) is 6.08 Å². The molecule has 12 heavy (non-hydrogen) atoms. The summed E-state index contributed by atoms with van der Waals surface area (Å²) in [6.45, 7) is 4.01. The van der Waals surface area contributed by atoms with Crippen molar-refractivity contribution in [2.45, 2.75) is 12.1 Å². The third-order valence-corrected chi connectivity index (χ3v) is 3.56. The van der Waals surface area contributed by atoms with E-state index in [0.29, 0.717) is 6.54 Å². The number of aliphatic hydroxyl groups is 1. The predicted octanol–water partition coefficient (Wildman–Crippen LogP) is -1.08. The van der Waals surface area contributed by atoms with E-state index in [4.69, 9.17) is 0 Å². The van der Waals surface area contributed by atoms with Gasteiger partial charge in [0.15, 0.2) is 9.84 Å². The molecule has 1 saturated heterocycles. The van der Waals surface area contributed by atoms with Crippen LogP contribution in [0.2, 0.25) is 0 Å². The molecule has 2 N–H and O–H groups in total. The minimum Gasteiger partial charge on any atom is -0.390 e. The predicted molar refractivity (Wildman–Crippen MR) is 46.6 cm³/mol. The molecule has 2 atom stereocenters. The molecule has 0 amide bonds. The Morgan fingerprint density at radius 2 is 2.25 bits per heavy atom. The molecule has 0 aromatic rings. The van der Waals surface area contributed by atoms with Gasteiger partial charge in [0.2, 0.25) is 0 Å². The van der Waals surface area contributed by atoms with E-state index in [9.17, 15) is 13.5 Å². The van der Waals surface area contributed by atoms with Crippen LogP contribution in [0.3, 0.4) is 0 Å². The summed E-state index contributed by atoms with van der Waals surface area (Å²) in [6, 6.07) is -0.326. The van der Waals surface area contributed by atoms with Crippen LogP contribution in [0, 0.1) is 0 Å². The smallest absolute Gasteiger partial charge is 0.154 e. The number of rotatable bonds is 3. The lowest BCUT2D eigenvalue weighted by atomic mass is 10.2. The standard InChI is InChI=1S/C7H13NO3S/c1-2-3-8-6-4-12(10,11)5-7(6)9/h2,6-9H,1,3-5H2. The van der Waals surface area contributed by atoms with E-state index in [2.05, 4.69) is 11.9 Å². The van der Waals surface area contributed by atoms with Gasteiger partial charge >= 0.3 is 0 Å². The zero-order valence-corrected chi connectivity index (χ0v) is 7.55. The molecule has 1 fully saturated rings. The molecule has 0 radical (unpaired) electrons. The second kappa shape index (κ2) is 3.55.